The van der Waals surface area contributed by atoms with Gasteiger partial charge >= 0.3 is 43.7 Å². The van der Waals surface area contributed by atoms with Crippen LogP contribution in [0.2, 0.25) is 0 Å². The van der Waals surface area contributed by atoms with Crippen molar-refractivity contribution in [2.45, 2.75) is 19.4 Å². The Bertz CT molecular complexity index is 255. The molecule has 1 aliphatic carbocycles. The summed E-state index contributed by atoms with van der Waals surface area (Å²) in [5, 5.41) is 7.87. The molecule has 0 radical (unpaired) electrons. The number of nitrogens with two attached hydrogens (primary N) is 1. The number of rotatable bonds is 1. The van der Waals surface area contributed by atoms with Crippen molar-refractivity contribution in [2.24, 2.45) is 5.73 Å². The zero-order valence-corrected chi connectivity index (χ0v) is 10.4. The predicted octanol–water partition coefficient (Wildman–Crippen LogP) is 0.334. The first-order valence-electron chi connectivity index (χ1n) is 3.88. The summed E-state index contributed by atoms with van der Waals surface area (Å²) in [6, 6.07) is -0.731. The molecule has 1 unspecified atom stereocenters. The summed E-state index contributed by atoms with van der Waals surface area (Å²) in [5.41, 5.74) is 4.84. The van der Waals surface area contributed by atoms with Crippen LogP contribution in [0.4, 0.5) is 0 Å². The first-order chi connectivity index (χ1) is 6.04. The van der Waals surface area contributed by atoms with Gasteiger partial charge in [-0.2, -0.15) is 0 Å². The van der Waals surface area contributed by atoms with Gasteiger partial charge in [-0.1, -0.05) is 18.2 Å². The molecule has 3 N–H and O–H groups in total. The molecule has 0 aliphatic heterocycles. The van der Waals surface area contributed by atoms with Crippen molar-refractivity contribution in [1.29, 1.82) is 0 Å². The van der Waals surface area contributed by atoms with Crippen LogP contribution < -0.4 is 5.73 Å². The van der Waals surface area contributed by atoms with E-state index in [0.29, 0.717) is 6.42 Å². The topological polar surface area (TPSA) is 80.4 Å². The van der Waals surface area contributed by atoms with Gasteiger partial charge in [0.25, 0.3) is 0 Å². The van der Waals surface area contributed by atoms with Crippen molar-refractivity contribution in [1.82, 2.24) is 0 Å². The van der Waals surface area contributed by atoms with Gasteiger partial charge in [-0.3, -0.25) is 9.59 Å². The minimum Gasteiger partial charge on any atom is -1.00 e. The van der Waals surface area contributed by atoms with E-state index in [1.807, 2.05) is 12.2 Å². The van der Waals surface area contributed by atoms with Gasteiger partial charge in [-0.25, -0.2) is 0 Å². The fourth-order valence-electron chi connectivity index (χ4n) is 0.494. The molecule has 0 fully saturated rings. The Hall–Kier alpha value is -0.160. The number of aliphatic carboxylic acids is 1. The number of allylic oxidation sites excluding steroid dienone is 4. The summed E-state index contributed by atoms with van der Waals surface area (Å²) in [6.45, 7) is 1.42. The number of carboxylic acid groups (broad SMARTS) is 1. The molecule has 0 spiro atoms. The van der Waals surface area contributed by atoms with E-state index < -0.39 is 12.0 Å². The SMILES string of the molecule is CC(N)C(=O)O.O=C1C=CC=CC1.[Ca+2].[H-].[H-]. The van der Waals surface area contributed by atoms with Gasteiger partial charge in [0.15, 0.2) is 5.78 Å². The van der Waals surface area contributed by atoms with Crippen molar-refractivity contribution in [3.8, 4) is 0 Å². The van der Waals surface area contributed by atoms with Crippen LogP contribution in [-0.2, 0) is 9.59 Å². The number of carbonyl (C=O) groups is 2. The fourth-order valence-corrected chi connectivity index (χ4v) is 0.494. The summed E-state index contributed by atoms with van der Waals surface area (Å²) < 4.78 is 0. The fraction of sp³-hybridized carbons (Fsp3) is 0.333. The Labute approximate surface area is 116 Å². The predicted molar refractivity (Wildman–Crippen MR) is 57.2 cm³/mol. The maximum Gasteiger partial charge on any atom is 2.00 e. The first-order valence-corrected chi connectivity index (χ1v) is 3.88. The summed E-state index contributed by atoms with van der Waals surface area (Å²) in [5.74, 6) is -0.766. The van der Waals surface area contributed by atoms with Gasteiger partial charge < -0.3 is 13.7 Å². The van der Waals surface area contributed by atoms with Gasteiger partial charge in [0.2, 0.25) is 0 Å². The second-order valence-corrected chi connectivity index (χ2v) is 2.58. The van der Waals surface area contributed by atoms with Gasteiger partial charge in [0.1, 0.15) is 6.04 Å². The third-order valence-corrected chi connectivity index (χ3v) is 1.24. The molecule has 0 aromatic carbocycles. The van der Waals surface area contributed by atoms with Crippen molar-refractivity contribution >= 4 is 49.5 Å². The Kier molecular flexibility index (Phi) is 10.9. The quantitative estimate of drug-likeness (QED) is 0.630. The molecule has 1 atom stereocenters. The maximum atomic E-state index is 10.3. The molecule has 76 valence electrons. The number of hydrogen-bond acceptors (Lipinski definition) is 3. The van der Waals surface area contributed by atoms with E-state index >= 15 is 0 Å². The molecule has 0 saturated heterocycles. The first kappa shape index (κ1) is 16.3. The summed E-state index contributed by atoms with van der Waals surface area (Å²) in [4.78, 5) is 19.9. The minimum atomic E-state index is -0.963. The normalized spacial score (nSPS) is 14.9. The van der Waals surface area contributed by atoms with Crippen LogP contribution in [0.15, 0.2) is 24.3 Å². The molecule has 1 aliphatic rings. The van der Waals surface area contributed by atoms with Crippen LogP contribution >= 0.6 is 0 Å². The van der Waals surface area contributed by atoms with E-state index in [1.165, 1.54) is 6.92 Å². The molecule has 4 nitrogen and oxygen atoms in total. The molecule has 0 aromatic heterocycles. The number of carboxylic acids is 1. The molecule has 5 heteroatoms. The third kappa shape index (κ3) is 9.92. The number of hydrogen-bond donors (Lipinski definition) is 2. The average Bonchev–Trinajstić information content (AvgIpc) is 2.06. The minimum absolute atomic E-state index is 0. The van der Waals surface area contributed by atoms with E-state index in [4.69, 9.17) is 10.8 Å². The molecule has 0 aromatic rings. The van der Waals surface area contributed by atoms with Crippen LogP contribution in [0.25, 0.3) is 0 Å². The van der Waals surface area contributed by atoms with Gasteiger partial charge in [-0.05, 0) is 13.0 Å². The standard InChI is InChI=1S/C6H6O.C3H7NO2.Ca.2H/c7-6-4-2-1-3-5-6;1-2(4)3(5)6;;;/h1-4H,5H2;2H,4H2,1H3,(H,5,6);;;/q;;+2;2*-1. The van der Waals surface area contributed by atoms with Crippen molar-refractivity contribution in [2.75, 3.05) is 0 Å². The monoisotopic (exact) mass is 225 g/mol. The number of ketones is 1. The van der Waals surface area contributed by atoms with E-state index in [1.54, 1.807) is 12.2 Å². The summed E-state index contributed by atoms with van der Waals surface area (Å²) in [6.07, 6.45) is 7.64. The second kappa shape index (κ2) is 9.40. The average molecular weight is 225 g/mol. The van der Waals surface area contributed by atoms with Crippen molar-refractivity contribution in [3.63, 3.8) is 0 Å². The maximum absolute atomic E-state index is 10.3. The van der Waals surface area contributed by atoms with E-state index in [2.05, 4.69) is 0 Å². The van der Waals surface area contributed by atoms with Crippen LogP contribution in [-0.4, -0.2) is 60.6 Å². The summed E-state index contributed by atoms with van der Waals surface area (Å²) >= 11 is 0. The summed E-state index contributed by atoms with van der Waals surface area (Å²) in [7, 11) is 0. The zero-order chi connectivity index (χ0) is 10.3. The molecule has 14 heavy (non-hydrogen) atoms. The molecule has 0 amide bonds. The van der Waals surface area contributed by atoms with Gasteiger partial charge in [-0.15, -0.1) is 0 Å². The van der Waals surface area contributed by atoms with Crippen LogP contribution in [0, 0.1) is 0 Å². The van der Waals surface area contributed by atoms with E-state index in [0.717, 1.165) is 0 Å². The number of carbonyl (C=O) groups excluding carboxylic acids is 1. The molecule has 1 rings (SSSR count). The molecule has 0 bridgehead atoms. The van der Waals surface area contributed by atoms with Gasteiger partial charge in [0.05, 0.1) is 0 Å². The van der Waals surface area contributed by atoms with Crippen LogP contribution in [0.5, 0.6) is 0 Å². The Morgan fingerprint density at radius 2 is 2.14 bits per heavy atom. The smallest absolute Gasteiger partial charge is 1.00 e. The molecule has 0 saturated carbocycles. The van der Waals surface area contributed by atoms with Crippen LogP contribution in [0.1, 0.15) is 16.2 Å². The van der Waals surface area contributed by atoms with E-state index in [-0.39, 0.29) is 46.4 Å². The van der Waals surface area contributed by atoms with E-state index in [9.17, 15) is 9.59 Å². The van der Waals surface area contributed by atoms with Crippen LogP contribution in [0.3, 0.4) is 0 Å². The van der Waals surface area contributed by atoms with Crippen molar-refractivity contribution < 1.29 is 17.5 Å². The largest absolute Gasteiger partial charge is 2.00 e. The second-order valence-electron chi connectivity index (χ2n) is 2.58. The Morgan fingerprint density at radius 3 is 2.29 bits per heavy atom. The Balaban J connectivity index is -0.0000000767. The van der Waals surface area contributed by atoms with Crippen molar-refractivity contribution in [3.05, 3.63) is 24.3 Å². The molecular formula is C9H15CaNO3. The zero-order valence-electron chi connectivity index (χ0n) is 10.1. The van der Waals surface area contributed by atoms with Gasteiger partial charge in [0, 0.05) is 6.42 Å². The Morgan fingerprint density at radius 1 is 1.64 bits per heavy atom. The molecule has 0 heterocycles. The molecular weight excluding hydrogens is 210 g/mol. The third-order valence-electron chi connectivity index (χ3n) is 1.24.